The highest BCUT2D eigenvalue weighted by Gasteiger charge is 2.15. The van der Waals surface area contributed by atoms with Gasteiger partial charge in [0.2, 0.25) is 0 Å². The van der Waals surface area contributed by atoms with Crippen LogP contribution < -0.4 is 10.7 Å². The van der Waals surface area contributed by atoms with E-state index in [1.165, 1.54) is 11.1 Å². The topological polar surface area (TPSA) is 85.9 Å². The van der Waals surface area contributed by atoms with Crippen molar-refractivity contribution in [3.63, 3.8) is 0 Å². The summed E-state index contributed by atoms with van der Waals surface area (Å²) < 4.78 is 0. The van der Waals surface area contributed by atoms with Crippen molar-refractivity contribution in [3.05, 3.63) is 55.9 Å². The maximum Gasteiger partial charge on any atom is 0.259 e. The second-order valence-electron chi connectivity index (χ2n) is 5.59. The van der Waals surface area contributed by atoms with Crippen LogP contribution in [-0.2, 0) is 5.75 Å². The van der Waals surface area contributed by atoms with Crippen LogP contribution in [0.2, 0.25) is 0 Å². The van der Waals surface area contributed by atoms with E-state index in [2.05, 4.69) is 28.2 Å². The zero-order chi connectivity index (χ0) is 17.4. The number of hydrogen-bond donors (Lipinski definition) is 1. The Hall–Kier alpha value is -2.12. The minimum absolute atomic E-state index is 0.0577. The molecule has 3 rings (SSSR count). The molecule has 0 saturated heterocycles. The van der Waals surface area contributed by atoms with Gasteiger partial charge < -0.3 is 14.9 Å². The fraction of sp³-hybridized carbons (Fsp3) is 0.235. The van der Waals surface area contributed by atoms with Gasteiger partial charge in [-0.3, -0.25) is 4.79 Å². The number of hydrogen-bond acceptors (Lipinski definition) is 6. The minimum atomic E-state index is -1.28. The van der Waals surface area contributed by atoms with E-state index in [9.17, 15) is 14.7 Å². The Morgan fingerprint density at radius 2 is 2.08 bits per heavy atom. The van der Waals surface area contributed by atoms with Crippen molar-refractivity contribution in [2.24, 2.45) is 0 Å². The van der Waals surface area contributed by atoms with E-state index in [4.69, 9.17) is 0 Å². The predicted octanol–water partition coefficient (Wildman–Crippen LogP) is 2.57. The predicted molar refractivity (Wildman–Crippen MR) is 94.8 cm³/mol. The van der Waals surface area contributed by atoms with Gasteiger partial charge in [-0.15, -0.1) is 23.1 Å². The largest absolute Gasteiger partial charge is 0.544 e. The first-order valence-corrected chi connectivity index (χ1v) is 9.10. The van der Waals surface area contributed by atoms with E-state index in [0.717, 1.165) is 16.2 Å². The van der Waals surface area contributed by atoms with E-state index >= 15 is 0 Å². The number of thiophene rings is 1. The molecule has 24 heavy (non-hydrogen) atoms. The number of aromatic nitrogens is 2. The molecule has 0 bridgehead atoms. The Balaban J connectivity index is 1.95. The Kier molecular flexibility index (Phi) is 4.47. The van der Waals surface area contributed by atoms with Gasteiger partial charge in [-0.25, -0.2) is 4.98 Å². The monoisotopic (exact) mass is 359 g/mol. The highest BCUT2D eigenvalue weighted by Crippen LogP contribution is 2.29. The number of H-pyrrole nitrogens is 1. The third-order valence-electron chi connectivity index (χ3n) is 3.74. The van der Waals surface area contributed by atoms with Crippen molar-refractivity contribution in [1.29, 1.82) is 0 Å². The van der Waals surface area contributed by atoms with Crippen LogP contribution in [0.1, 0.15) is 32.2 Å². The molecule has 0 radical (unpaired) electrons. The first kappa shape index (κ1) is 16.7. The number of carboxylic acids is 1. The minimum Gasteiger partial charge on any atom is -0.544 e. The highest BCUT2D eigenvalue weighted by atomic mass is 32.2. The van der Waals surface area contributed by atoms with E-state index < -0.39 is 5.97 Å². The first-order chi connectivity index (χ1) is 11.4. The van der Waals surface area contributed by atoms with Crippen molar-refractivity contribution in [2.45, 2.75) is 31.4 Å². The van der Waals surface area contributed by atoms with E-state index in [1.807, 2.05) is 13.8 Å². The van der Waals surface area contributed by atoms with Gasteiger partial charge in [0.05, 0.1) is 22.0 Å². The van der Waals surface area contributed by atoms with Gasteiger partial charge in [0.15, 0.2) is 0 Å². The smallest absolute Gasteiger partial charge is 0.259 e. The lowest BCUT2D eigenvalue weighted by atomic mass is 10.2. The maximum atomic E-state index is 12.3. The molecule has 2 heterocycles. The molecule has 1 aromatic carbocycles. The molecule has 0 amide bonds. The number of carbonyl (C=O) groups is 1. The number of benzene rings is 1. The van der Waals surface area contributed by atoms with E-state index in [-0.39, 0.29) is 10.4 Å². The Morgan fingerprint density at radius 3 is 2.79 bits per heavy atom. The molecule has 0 spiro atoms. The average molecular weight is 359 g/mol. The molecule has 0 aliphatic heterocycles. The molecular formula is C17H15N2O3S2-. The molecule has 2 aromatic heterocycles. The van der Waals surface area contributed by atoms with Crippen LogP contribution >= 0.6 is 23.1 Å². The number of carbonyl (C=O) groups excluding carboxylic acids is 1. The zero-order valence-electron chi connectivity index (χ0n) is 13.4. The lowest BCUT2D eigenvalue weighted by Gasteiger charge is -2.06. The number of carboxylic acid groups (broad SMARTS) is 1. The summed E-state index contributed by atoms with van der Waals surface area (Å²) in [4.78, 5) is 32.2. The number of nitrogens with one attached hydrogen (secondary N) is 1. The van der Waals surface area contributed by atoms with Crippen LogP contribution in [0.3, 0.4) is 0 Å². The van der Waals surface area contributed by atoms with Gasteiger partial charge in [-0.05, 0) is 38.0 Å². The Morgan fingerprint density at radius 1 is 1.33 bits per heavy atom. The summed E-state index contributed by atoms with van der Waals surface area (Å²) in [7, 11) is 0. The molecule has 5 nitrogen and oxygen atoms in total. The number of fused-ring (bicyclic) bond motifs is 1. The van der Waals surface area contributed by atoms with Crippen LogP contribution in [0, 0.1) is 20.8 Å². The maximum absolute atomic E-state index is 12.3. The summed E-state index contributed by atoms with van der Waals surface area (Å²) in [5, 5.41) is 11.5. The second-order valence-corrected chi connectivity index (χ2v) is 7.61. The highest BCUT2D eigenvalue weighted by molar-refractivity contribution is 7.98. The second kappa shape index (κ2) is 6.41. The van der Waals surface area contributed by atoms with Crippen LogP contribution in [0.4, 0.5) is 0 Å². The summed E-state index contributed by atoms with van der Waals surface area (Å²) in [5.41, 5.74) is 2.45. The number of aromatic amines is 1. The molecule has 0 unspecified atom stereocenters. The fourth-order valence-corrected chi connectivity index (χ4v) is 4.49. The molecule has 1 N–H and O–H groups in total. The van der Waals surface area contributed by atoms with Crippen LogP contribution in [0.5, 0.6) is 0 Å². The fourth-order valence-electron chi connectivity index (χ4n) is 2.46. The van der Waals surface area contributed by atoms with Gasteiger partial charge >= 0.3 is 0 Å². The molecule has 0 atom stereocenters. The quantitative estimate of drug-likeness (QED) is 0.724. The summed E-state index contributed by atoms with van der Waals surface area (Å²) >= 11 is 2.58. The Labute approximate surface area is 146 Å². The van der Waals surface area contributed by atoms with Crippen molar-refractivity contribution < 1.29 is 9.90 Å². The molecule has 0 aliphatic rings. The summed E-state index contributed by atoms with van der Waals surface area (Å²) in [6, 6.07) is 6.22. The third-order valence-corrected chi connectivity index (χ3v) is 6.08. The number of aromatic carboxylic acids is 1. The molecule has 0 saturated carbocycles. The van der Waals surface area contributed by atoms with Gasteiger partial charge in [-0.1, -0.05) is 17.7 Å². The summed E-state index contributed by atoms with van der Waals surface area (Å²) in [6.45, 7) is 5.67. The van der Waals surface area contributed by atoms with Gasteiger partial charge in [0.1, 0.15) is 10.7 Å². The van der Waals surface area contributed by atoms with Crippen molar-refractivity contribution in [3.8, 4) is 0 Å². The molecule has 7 heteroatoms. The number of nitrogens with zero attached hydrogens (tertiary/aromatic N) is 1. The van der Waals surface area contributed by atoms with Crippen LogP contribution in [0.25, 0.3) is 10.2 Å². The van der Waals surface area contributed by atoms with Gasteiger partial charge in [-0.2, -0.15) is 0 Å². The van der Waals surface area contributed by atoms with E-state index in [1.54, 1.807) is 18.7 Å². The molecule has 0 aliphatic carbocycles. The van der Waals surface area contributed by atoms with Crippen molar-refractivity contribution in [1.82, 2.24) is 9.97 Å². The lowest BCUT2D eigenvalue weighted by molar-refractivity contribution is -0.254. The average Bonchev–Trinajstić information content (AvgIpc) is 2.86. The molecular weight excluding hydrogens is 344 g/mol. The summed E-state index contributed by atoms with van der Waals surface area (Å²) in [6.07, 6.45) is 0. The van der Waals surface area contributed by atoms with Gasteiger partial charge in [0.25, 0.3) is 5.56 Å². The molecule has 0 fully saturated rings. The standard InChI is InChI=1S/C17H16N2O3S2/c1-8-4-5-9(2)11(6-8)23-7-12-18-15(20)13-10(3)14(17(21)22)24-16(13)19-12/h4-6H,7H2,1-3H3,(H,21,22)(H,18,19,20)/p-1. The number of aryl methyl sites for hydroxylation is 3. The zero-order valence-corrected chi connectivity index (χ0v) is 15.1. The normalized spacial score (nSPS) is 11.1. The van der Waals surface area contributed by atoms with Crippen LogP contribution in [0.15, 0.2) is 27.9 Å². The SMILES string of the molecule is Cc1ccc(C)c(SCc2nc3sc(C(=O)[O-])c(C)c3c(=O)[nH]2)c1. The number of rotatable bonds is 4. The van der Waals surface area contributed by atoms with E-state index in [0.29, 0.717) is 27.4 Å². The van der Waals surface area contributed by atoms with Gasteiger partial charge in [0, 0.05) is 4.90 Å². The number of thioether (sulfide) groups is 1. The van der Waals surface area contributed by atoms with Crippen molar-refractivity contribution >= 4 is 39.3 Å². The lowest BCUT2D eigenvalue weighted by Crippen LogP contribution is -2.21. The molecule has 124 valence electrons. The van der Waals surface area contributed by atoms with Crippen molar-refractivity contribution in [2.75, 3.05) is 0 Å². The molecule has 3 aromatic rings. The summed E-state index contributed by atoms with van der Waals surface area (Å²) in [5.74, 6) is -0.238. The first-order valence-electron chi connectivity index (χ1n) is 7.30. The third kappa shape index (κ3) is 3.09. The Bertz CT molecular complexity index is 1000. The van der Waals surface area contributed by atoms with Crippen LogP contribution in [-0.4, -0.2) is 15.9 Å².